The molecule has 0 N–H and O–H groups in total. The summed E-state index contributed by atoms with van der Waals surface area (Å²) in [5.74, 6) is 0.452. The van der Waals surface area contributed by atoms with Crippen LogP contribution in [0.4, 0.5) is 8.78 Å². The van der Waals surface area contributed by atoms with Gasteiger partial charge in [0.05, 0.1) is 6.61 Å². The van der Waals surface area contributed by atoms with Crippen LogP contribution in [0.15, 0.2) is 12.1 Å². The van der Waals surface area contributed by atoms with Gasteiger partial charge in [-0.15, -0.1) is 0 Å². The maximum atomic E-state index is 14.5. The first-order valence-corrected chi connectivity index (χ1v) is 15.2. The molecule has 0 bridgehead atoms. The van der Waals surface area contributed by atoms with Crippen LogP contribution in [-0.2, 0) is 0 Å². The third-order valence-corrected chi connectivity index (χ3v) is 11.4. The molecule has 2 aliphatic rings. The minimum atomic E-state index is -0.815. The molecule has 0 atom stereocenters. The third-order valence-electron chi connectivity index (χ3n) is 7.83. The first-order chi connectivity index (χ1) is 14.6. The molecule has 0 unspecified atom stereocenters. The summed E-state index contributed by atoms with van der Waals surface area (Å²) < 4.78 is 33.9. The van der Waals surface area contributed by atoms with Crippen LogP contribution in [0.2, 0.25) is 18.1 Å². The fraction of sp³-hybridized carbons (Fsp3) is 0.769. The summed E-state index contributed by atoms with van der Waals surface area (Å²) in [6, 6.07) is 8.11. The van der Waals surface area contributed by atoms with Crippen molar-refractivity contribution in [2.75, 3.05) is 6.61 Å². The summed E-state index contributed by atoms with van der Waals surface area (Å²) in [6.45, 7) is 4.44. The Morgan fingerprint density at radius 2 is 1.53 bits per heavy atom. The third kappa shape index (κ3) is 6.55. The standard InChI is InChI=1S/C26H42F2OSi/c1-3-5-6-17-30-18-15-21(16-19-30)8-7-20-9-11-22(12-10-20)23-13-14-24(29-4-2)26(28)25(23)27/h13-14,20-22,30H,3-12,15-19H2,1-2H3/t20-,21?,22-,30?. The lowest BCUT2D eigenvalue weighted by molar-refractivity contribution is 0.275. The van der Waals surface area contributed by atoms with Crippen LogP contribution < -0.4 is 4.74 Å². The Labute approximate surface area is 184 Å². The molecule has 1 aliphatic heterocycles. The molecule has 0 aromatic heterocycles. The molecule has 1 nitrogen and oxygen atoms in total. The van der Waals surface area contributed by atoms with Crippen LogP contribution in [0.5, 0.6) is 5.75 Å². The van der Waals surface area contributed by atoms with Gasteiger partial charge in [-0.05, 0) is 62.0 Å². The van der Waals surface area contributed by atoms with Gasteiger partial charge in [-0.1, -0.05) is 76.1 Å². The molecule has 0 amide bonds. The number of benzene rings is 1. The Balaban J connectivity index is 1.38. The number of rotatable bonds is 10. The van der Waals surface area contributed by atoms with E-state index in [1.54, 1.807) is 37.2 Å². The lowest BCUT2D eigenvalue weighted by Crippen LogP contribution is -2.22. The van der Waals surface area contributed by atoms with E-state index in [9.17, 15) is 8.78 Å². The van der Waals surface area contributed by atoms with Gasteiger partial charge in [0, 0.05) is 8.80 Å². The molecule has 30 heavy (non-hydrogen) atoms. The molecule has 1 aromatic carbocycles. The zero-order chi connectivity index (χ0) is 21.3. The number of unbranched alkanes of at least 4 members (excludes halogenated alkanes) is 2. The van der Waals surface area contributed by atoms with Gasteiger partial charge in [-0.2, -0.15) is 4.39 Å². The molecule has 1 saturated carbocycles. The van der Waals surface area contributed by atoms with Crippen LogP contribution in [0, 0.1) is 23.5 Å². The van der Waals surface area contributed by atoms with E-state index in [0.717, 1.165) is 24.7 Å². The average Bonchev–Trinajstić information content (AvgIpc) is 2.77. The van der Waals surface area contributed by atoms with Gasteiger partial charge in [0.15, 0.2) is 11.6 Å². The molecule has 4 heteroatoms. The van der Waals surface area contributed by atoms with E-state index in [4.69, 9.17) is 4.74 Å². The van der Waals surface area contributed by atoms with Crippen LogP contribution in [0.3, 0.4) is 0 Å². The van der Waals surface area contributed by atoms with Gasteiger partial charge in [-0.25, -0.2) is 4.39 Å². The molecule has 3 rings (SSSR count). The van der Waals surface area contributed by atoms with Crippen LogP contribution in [0.1, 0.15) is 96.0 Å². The minimum Gasteiger partial charge on any atom is -0.491 e. The highest BCUT2D eigenvalue weighted by Gasteiger charge is 2.28. The number of hydrogen-bond acceptors (Lipinski definition) is 1. The molecule has 0 radical (unpaired) electrons. The molecule has 1 saturated heterocycles. The molecule has 170 valence electrons. The van der Waals surface area contributed by atoms with E-state index in [-0.39, 0.29) is 11.7 Å². The second-order valence-electron chi connectivity index (χ2n) is 9.89. The Hall–Kier alpha value is -0.903. The number of halogens is 2. The van der Waals surface area contributed by atoms with Crippen molar-refractivity contribution in [3.05, 3.63) is 29.3 Å². The Bertz CT molecular complexity index is 634. The predicted molar refractivity (Wildman–Crippen MR) is 125 cm³/mol. The highest BCUT2D eigenvalue weighted by Crippen LogP contribution is 2.41. The summed E-state index contributed by atoms with van der Waals surface area (Å²) in [6.07, 6.45) is 14.3. The van der Waals surface area contributed by atoms with Gasteiger partial charge in [0.25, 0.3) is 0 Å². The van der Waals surface area contributed by atoms with Crippen molar-refractivity contribution in [2.24, 2.45) is 11.8 Å². The monoisotopic (exact) mass is 436 g/mol. The van der Waals surface area contributed by atoms with Crippen molar-refractivity contribution in [1.82, 2.24) is 0 Å². The second kappa shape index (κ2) is 12.2. The zero-order valence-corrected chi connectivity index (χ0v) is 20.4. The lowest BCUT2D eigenvalue weighted by atomic mass is 9.76. The zero-order valence-electron chi connectivity index (χ0n) is 19.2. The lowest BCUT2D eigenvalue weighted by Gasteiger charge is -2.32. The highest BCUT2D eigenvalue weighted by molar-refractivity contribution is 6.58. The van der Waals surface area contributed by atoms with E-state index >= 15 is 0 Å². The molecule has 1 aliphatic carbocycles. The first-order valence-electron chi connectivity index (χ1n) is 12.7. The quantitative estimate of drug-likeness (QED) is 0.265. The van der Waals surface area contributed by atoms with E-state index in [1.165, 1.54) is 57.8 Å². The maximum absolute atomic E-state index is 14.5. The summed E-state index contributed by atoms with van der Waals surface area (Å²) in [5.41, 5.74) is 0.556. The molecular weight excluding hydrogens is 394 g/mol. The van der Waals surface area contributed by atoms with Crippen LogP contribution in [-0.4, -0.2) is 15.4 Å². The van der Waals surface area contributed by atoms with Gasteiger partial charge >= 0.3 is 0 Å². The van der Waals surface area contributed by atoms with Crippen LogP contribution in [0.25, 0.3) is 0 Å². The fourth-order valence-electron chi connectivity index (χ4n) is 5.85. The van der Waals surface area contributed by atoms with Crippen molar-refractivity contribution in [2.45, 2.75) is 109 Å². The van der Waals surface area contributed by atoms with Gasteiger partial charge < -0.3 is 4.74 Å². The average molecular weight is 437 g/mol. The first kappa shape index (κ1) is 23.8. The predicted octanol–water partition coefficient (Wildman–Crippen LogP) is 8.24. The second-order valence-corrected chi connectivity index (χ2v) is 13.4. The highest BCUT2D eigenvalue weighted by atomic mass is 28.3. The molecule has 1 aromatic rings. The van der Waals surface area contributed by atoms with E-state index in [2.05, 4.69) is 6.92 Å². The Morgan fingerprint density at radius 3 is 2.17 bits per heavy atom. The Kier molecular flexibility index (Phi) is 9.67. The Morgan fingerprint density at radius 1 is 0.867 bits per heavy atom. The SMILES string of the molecule is CCCCC[SiH]1CCC(CC[C@H]2CC[C@H](c3ccc(OCC)c(F)c3F)CC2)CC1. The normalized spacial score (nSPS) is 27.2. The van der Waals surface area contributed by atoms with E-state index in [0.29, 0.717) is 12.2 Å². The van der Waals surface area contributed by atoms with Crippen molar-refractivity contribution < 1.29 is 13.5 Å². The minimum absolute atomic E-state index is 0.0376. The van der Waals surface area contributed by atoms with Crippen molar-refractivity contribution in [3.63, 3.8) is 0 Å². The van der Waals surface area contributed by atoms with Crippen molar-refractivity contribution in [3.8, 4) is 5.75 Å². The summed E-state index contributed by atoms with van der Waals surface area (Å²) in [4.78, 5) is 0. The fourth-order valence-corrected chi connectivity index (χ4v) is 9.47. The summed E-state index contributed by atoms with van der Waals surface area (Å²) in [5, 5.41) is 0. The van der Waals surface area contributed by atoms with Crippen molar-refractivity contribution in [1.29, 1.82) is 0 Å². The maximum Gasteiger partial charge on any atom is 0.200 e. The summed E-state index contributed by atoms with van der Waals surface area (Å²) >= 11 is 0. The van der Waals surface area contributed by atoms with Gasteiger partial charge in [-0.3, -0.25) is 0 Å². The molecule has 0 spiro atoms. The molecular formula is C26H42F2OSi. The summed E-state index contributed by atoms with van der Waals surface area (Å²) in [7, 11) is -0.391. The molecule has 2 fully saturated rings. The van der Waals surface area contributed by atoms with Crippen LogP contribution >= 0.6 is 0 Å². The van der Waals surface area contributed by atoms with E-state index in [1.807, 2.05) is 0 Å². The largest absolute Gasteiger partial charge is 0.491 e. The van der Waals surface area contributed by atoms with E-state index < -0.39 is 20.4 Å². The topological polar surface area (TPSA) is 9.23 Å². The van der Waals surface area contributed by atoms with Crippen molar-refractivity contribution >= 4 is 8.80 Å². The number of ether oxygens (including phenoxy) is 1. The number of hydrogen-bond donors (Lipinski definition) is 0. The molecule has 1 heterocycles. The van der Waals surface area contributed by atoms with Gasteiger partial charge in [0.2, 0.25) is 5.82 Å². The smallest absolute Gasteiger partial charge is 0.200 e. The van der Waals surface area contributed by atoms with Gasteiger partial charge in [0.1, 0.15) is 0 Å².